The molecule has 1 heterocycles. The lowest BCUT2D eigenvalue weighted by Gasteiger charge is -2.37. The molecule has 0 bridgehead atoms. The SMILES string of the molecule is CCCNC(CN1CC(C)OC(C)C1)c1ccccc1. The van der Waals surface area contributed by atoms with Crippen LogP contribution in [0.2, 0.25) is 0 Å². The number of rotatable bonds is 6. The summed E-state index contributed by atoms with van der Waals surface area (Å²) in [6, 6.07) is 11.2. The van der Waals surface area contributed by atoms with E-state index in [1.807, 2.05) is 0 Å². The van der Waals surface area contributed by atoms with Crippen molar-refractivity contribution < 1.29 is 4.74 Å². The van der Waals surface area contributed by atoms with E-state index in [-0.39, 0.29) is 0 Å². The van der Waals surface area contributed by atoms with Gasteiger partial charge in [0.05, 0.1) is 12.2 Å². The molecule has 1 aromatic rings. The third-order valence-corrected chi connectivity index (χ3v) is 3.78. The molecule has 3 heteroatoms. The Kier molecular flexibility index (Phi) is 6.02. The van der Waals surface area contributed by atoms with Gasteiger partial charge in [0.2, 0.25) is 0 Å². The van der Waals surface area contributed by atoms with Crippen molar-refractivity contribution in [2.45, 2.75) is 45.4 Å². The number of morpholine rings is 1. The number of nitrogens with one attached hydrogen (secondary N) is 1. The van der Waals surface area contributed by atoms with Crippen LogP contribution in [0.1, 0.15) is 38.8 Å². The Morgan fingerprint density at radius 1 is 1.20 bits per heavy atom. The zero-order valence-electron chi connectivity index (χ0n) is 13.0. The molecule has 0 aliphatic carbocycles. The van der Waals surface area contributed by atoms with Crippen molar-refractivity contribution in [1.82, 2.24) is 10.2 Å². The second-order valence-electron chi connectivity index (χ2n) is 5.89. The summed E-state index contributed by atoms with van der Waals surface area (Å²) in [6.07, 6.45) is 1.84. The third-order valence-electron chi connectivity index (χ3n) is 3.78. The zero-order chi connectivity index (χ0) is 14.4. The van der Waals surface area contributed by atoms with E-state index in [4.69, 9.17) is 4.74 Å². The van der Waals surface area contributed by atoms with Gasteiger partial charge in [-0.05, 0) is 32.4 Å². The van der Waals surface area contributed by atoms with Crippen LogP contribution in [0, 0.1) is 0 Å². The van der Waals surface area contributed by atoms with Gasteiger partial charge in [0.15, 0.2) is 0 Å². The summed E-state index contributed by atoms with van der Waals surface area (Å²) in [4.78, 5) is 2.53. The molecule has 1 N–H and O–H groups in total. The summed E-state index contributed by atoms with van der Waals surface area (Å²) in [6.45, 7) is 10.7. The summed E-state index contributed by atoms with van der Waals surface area (Å²) < 4.78 is 5.82. The van der Waals surface area contributed by atoms with Crippen molar-refractivity contribution in [1.29, 1.82) is 0 Å². The van der Waals surface area contributed by atoms with Gasteiger partial charge in [0, 0.05) is 25.7 Å². The van der Waals surface area contributed by atoms with E-state index in [1.165, 1.54) is 12.0 Å². The van der Waals surface area contributed by atoms with Crippen molar-refractivity contribution in [3.8, 4) is 0 Å². The molecule has 1 aliphatic rings. The smallest absolute Gasteiger partial charge is 0.0678 e. The molecule has 20 heavy (non-hydrogen) atoms. The van der Waals surface area contributed by atoms with Gasteiger partial charge >= 0.3 is 0 Å². The first-order valence-electron chi connectivity index (χ1n) is 7.85. The van der Waals surface area contributed by atoms with E-state index in [0.29, 0.717) is 18.2 Å². The molecule has 1 saturated heterocycles. The Morgan fingerprint density at radius 3 is 2.45 bits per heavy atom. The van der Waals surface area contributed by atoms with Gasteiger partial charge in [0.25, 0.3) is 0 Å². The normalized spacial score (nSPS) is 25.6. The maximum absolute atomic E-state index is 5.82. The fraction of sp³-hybridized carbons (Fsp3) is 0.647. The van der Waals surface area contributed by atoms with Crippen LogP contribution in [0.15, 0.2) is 30.3 Å². The predicted molar refractivity (Wildman–Crippen MR) is 83.9 cm³/mol. The van der Waals surface area contributed by atoms with E-state index in [9.17, 15) is 0 Å². The first-order chi connectivity index (χ1) is 9.69. The molecule has 0 aromatic heterocycles. The van der Waals surface area contributed by atoms with Gasteiger partial charge in [-0.2, -0.15) is 0 Å². The number of benzene rings is 1. The summed E-state index contributed by atoms with van der Waals surface area (Å²) >= 11 is 0. The minimum absolute atomic E-state index is 0.335. The molecule has 0 radical (unpaired) electrons. The molecular formula is C17H28N2O. The standard InChI is InChI=1S/C17H28N2O/c1-4-10-18-17(16-8-6-5-7-9-16)13-19-11-14(2)20-15(3)12-19/h5-9,14-15,17-18H,4,10-13H2,1-3H3. The quantitative estimate of drug-likeness (QED) is 0.864. The Labute approximate surface area is 123 Å². The number of hydrogen-bond donors (Lipinski definition) is 1. The van der Waals surface area contributed by atoms with Crippen LogP contribution in [0.4, 0.5) is 0 Å². The maximum Gasteiger partial charge on any atom is 0.0678 e. The molecule has 1 aliphatic heterocycles. The first-order valence-corrected chi connectivity index (χ1v) is 7.85. The van der Waals surface area contributed by atoms with Gasteiger partial charge in [-0.15, -0.1) is 0 Å². The van der Waals surface area contributed by atoms with Crippen LogP contribution in [-0.2, 0) is 4.74 Å². The largest absolute Gasteiger partial charge is 0.373 e. The van der Waals surface area contributed by atoms with E-state index < -0.39 is 0 Å². The third kappa shape index (κ3) is 4.58. The van der Waals surface area contributed by atoms with Crippen molar-refractivity contribution in [2.24, 2.45) is 0 Å². The highest BCUT2D eigenvalue weighted by molar-refractivity contribution is 5.19. The van der Waals surface area contributed by atoms with Gasteiger partial charge in [-0.1, -0.05) is 37.3 Å². The molecule has 112 valence electrons. The molecule has 0 saturated carbocycles. The van der Waals surface area contributed by atoms with Crippen LogP contribution in [0.5, 0.6) is 0 Å². The Balaban J connectivity index is 2.00. The molecule has 1 fully saturated rings. The molecule has 1 aromatic carbocycles. The minimum atomic E-state index is 0.335. The maximum atomic E-state index is 5.82. The van der Waals surface area contributed by atoms with E-state index in [1.54, 1.807) is 0 Å². The van der Waals surface area contributed by atoms with Gasteiger partial charge in [0.1, 0.15) is 0 Å². The topological polar surface area (TPSA) is 24.5 Å². The van der Waals surface area contributed by atoms with Crippen molar-refractivity contribution in [3.05, 3.63) is 35.9 Å². The van der Waals surface area contributed by atoms with Crippen molar-refractivity contribution in [3.63, 3.8) is 0 Å². The summed E-state index contributed by atoms with van der Waals surface area (Å²) in [5.41, 5.74) is 1.38. The molecule has 3 atom stereocenters. The fourth-order valence-corrected chi connectivity index (χ4v) is 2.98. The highest BCUT2D eigenvalue weighted by atomic mass is 16.5. The van der Waals surface area contributed by atoms with Crippen LogP contribution in [0.25, 0.3) is 0 Å². The summed E-state index contributed by atoms with van der Waals surface area (Å²) in [5, 5.41) is 3.68. The number of ether oxygens (including phenoxy) is 1. The lowest BCUT2D eigenvalue weighted by molar-refractivity contribution is -0.0699. The monoisotopic (exact) mass is 276 g/mol. The average molecular weight is 276 g/mol. The van der Waals surface area contributed by atoms with Crippen LogP contribution < -0.4 is 5.32 Å². The van der Waals surface area contributed by atoms with E-state index in [2.05, 4.69) is 61.3 Å². The molecule has 3 unspecified atom stereocenters. The van der Waals surface area contributed by atoms with E-state index in [0.717, 1.165) is 26.2 Å². The number of nitrogens with zero attached hydrogens (tertiary/aromatic N) is 1. The second kappa shape index (κ2) is 7.77. The van der Waals surface area contributed by atoms with Gasteiger partial charge in [-0.3, -0.25) is 4.90 Å². The lowest BCUT2D eigenvalue weighted by atomic mass is 10.1. The zero-order valence-corrected chi connectivity index (χ0v) is 13.0. The highest BCUT2D eigenvalue weighted by Crippen LogP contribution is 2.18. The Bertz CT molecular complexity index is 372. The second-order valence-corrected chi connectivity index (χ2v) is 5.89. The molecular weight excluding hydrogens is 248 g/mol. The minimum Gasteiger partial charge on any atom is -0.373 e. The lowest BCUT2D eigenvalue weighted by Crippen LogP contribution is -2.48. The van der Waals surface area contributed by atoms with Crippen molar-refractivity contribution >= 4 is 0 Å². The summed E-state index contributed by atoms with van der Waals surface area (Å²) in [5.74, 6) is 0. The molecule has 3 nitrogen and oxygen atoms in total. The van der Waals surface area contributed by atoms with Gasteiger partial charge in [-0.25, -0.2) is 0 Å². The number of hydrogen-bond acceptors (Lipinski definition) is 3. The van der Waals surface area contributed by atoms with Crippen LogP contribution in [0.3, 0.4) is 0 Å². The molecule has 0 amide bonds. The molecule has 2 rings (SSSR count). The van der Waals surface area contributed by atoms with Crippen LogP contribution >= 0.6 is 0 Å². The highest BCUT2D eigenvalue weighted by Gasteiger charge is 2.24. The van der Waals surface area contributed by atoms with Crippen molar-refractivity contribution in [2.75, 3.05) is 26.2 Å². The van der Waals surface area contributed by atoms with E-state index >= 15 is 0 Å². The predicted octanol–water partition coefficient (Wildman–Crippen LogP) is 2.84. The summed E-state index contributed by atoms with van der Waals surface area (Å²) in [7, 11) is 0. The Hall–Kier alpha value is -0.900. The average Bonchev–Trinajstić information content (AvgIpc) is 2.43. The molecule has 0 spiro atoms. The van der Waals surface area contributed by atoms with Crippen LogP contribution in [-0.4, -0.2) is 43.3 Å². The first kappa shape index (κ1) is 15.5. The Morgan fingerprint density at radius 2 is 1.85 bits per heavy atom. The van der Waals surface area contributed by atoms with Gasteiger partial charge < -0.3 is 10.1 Å². The fourth-order valence-electron chi connectivity index (χ4n) is 2.98.